The van der Waals surface area contributed by atoms with Crippen LogP contribution in [0.2, 0.25) is 0 Å². The van der Waals surface area contributed by atoms with E-state index in [4.69, 9.17) is 5.73 Å². The fourth-order valence-corrected chi connectivity index (χ4v) is 3.96. The van der Waals surface area contributed by atoms with Crippen LogP contribution in [-0.2, 0) is 9.84 Å². The Balaban J connectivity index is 2.74. The minimum atomic E-state index is -2.92. The summed E-state index contributed by atoms with van der Waals surface area (Å²) in [6, 6.07) is 0.164. The second-order valence-electron chi connectivity index (χ2n) is 4.49. The van der Waals surface area contributed by atoms with E-state index in [2.05, 4.69) is 4.90 Å². The molecule has 0 heterocycles. The first-order valence-corrected chi connectivity index (χ1v) is 7.51. The van der Waals surface area contributed by atoms with Gasteiger partial charge < -0.3 is 10.6 Å². The molecule has 1 fully saturated rings. The first-order chi connectivity index (χ1) is 6.96. The molecule has 0 aliphatic heterocycles. The molecule has 0 aromatic heterocycles. The van der Waals surface area contributed by atoms with Crippen molar-refractivity contribution >= 4 is 9.84 Å². The monoisotopic (exact) mass is 234 g/mol. The molecular formula is C10H22N2O2S. The number of nitrogens with two attached hydrogens (primary N) is 1. The average Bonchev–Trinajstić information content (AvgIpc) is 2.17. The van der Waals surface area contributed by atoms with Crippen LogP contribution < -0.4 is 5.73 Å². The number of sulfone groups is 1. The van der Waals surface area contributed by atoms with Gasteiger partial charge >= 0.3 is 0 Å². The van der Waals surface area contributed by atoms with E-state index < -0.39 is 9.84 Å². The van der Waals surface area contributed by atoms with E-state index in [1.54, 1.807) is 0 Å². The van der Waals surface area contributed by atoms with Gasteiger partial charge in [-0.15, -0.1) is 0 Å². The molecule has 15 heavy (non-hydrogen) atoms. The van der Waals surface area contributed by atoms with Crippen molar-refractivity contribution in [2.45, 2.75) is 37.0 Å². The minimum Gasteiger partial charge on any atom is -0.329 e. The van der Waals surface area contributed by atoms with Gasteiger partial charge in [0.25, 0.3) is 0 Å². The normalized spacial score (nSPS) is 28.3. The van der Waals surface area contributed by atoms with Crippen molar-refractivity contribution in [2.75, 3.05) is 26.4 Å². The van der Waals surface area contributed by atoms with Crippen LogP contribution in [0.15, 0.2) is 0 Å². The lowest BCUT2D eigenvalue weighted by molar-refractivity contribution is 0.199. The molecule has 4 nitrogen and oxygen atoms in total. The summed E-state index contributed by atoms with van der Waals surface area (Å²) in [6.45, 7) is 1.36. The Hall–Kier alpha value is -0.130. The van der Waals surface area contributed by atoms with Crippen LogP contribution in [-0.4, -0.2) is 51.0 Å². The summed E-state index contributed by atoms with van der Waals surface area (Å²) in [7, 11) is -0.948. The zero-order valence-corrected chi connectivity index (χ0v) is 10.5. The van der Waals surface area contributed by atoms with Crippen molar-refractivity contribution in [1.82, 2.24) is 4.90 Å². The van der Waals surface area contributed by atoms with E-state index in [1.807, 2.05) is 7.05 Å². The number of rotatable bonds is 4. The molecule has 90 valence electrons. The molecule has 5 heteroatoms. The molecule has 1 aliphatic carbocycles. The topological polar surface area (TPSA) is 63.4 Å². The molecule has 0 amide bonds. The van der Waals surface area contributed by atoms with Gasteiger partial charge in [-0.3, -0.25) is 0 Å². The highest BCUT2D eigenvalue weighted by Crippen LogP contribution is 2.27. The second kappa shape index (κ2) is 5.27. The predicted octanol–water partition coefficient (Wildman–Crippen LogP) is 0.233. The van der Waals surface area contributed by atoms with Crippen LogP contribution in [0, 0.1) is 0 Å². The van der Waals surface area contributed by atoms with Crippen molar-refractivity contribution in [3.63, 3.8) is 0 Å². The fraction of sp³-hybridized carbons (Fsp3) is 1.00. The van der Waals surface area contributed by atoms with Gasteiger partial charge in [0.15, 0.2) is 9.84 Å². The van der Waals surface area contributed by atoms with E-state index in [9.17, 15) is 8.42 Å². The van der Waals surface area contributed by atoms with Gasteiger partial charge in [-0.05, 0) is 19.9 Å². The summed E-state index contributed by atoms with van der Waals surface area (Å²) in [5.74, 6) is 0. The van der Waals surface area contributed by atoms with Gasteiger partial charge in [0.1, 0.15) is 0 Å². The zero-order chi connectivity index (χ0) is 11.5. The molecule has 2 atom stereocenters. The molecule has 0 aromatic carbocycles. The molecule has 0 aromatic rings. The van der Waals surface area contributed by atoms with Gasteiger partial charge in [0, 0.05) is 25.4 Å². The van der Waals surface area contributed by atoms with Crippen LogP contribution in [0.3, 0.4) is 0 Å². The lowest BCUT2D eigenvalue weighted by Crippen LogP contribution is -2.48. The van der Waals surface area contributed by atoms with Crippen molar-refractivity contribution < 1.29 is 8.42 Å². The molecule has 0 saturated heterocycles. The van der Waals surface area contributed by atoms with E-state index in [1.165, 1.54) is 6.26 Å². The van der Waals surface area contributed by atoms with Crippen molar-refractivity contribution in [2.24, 2.45) is 5.73 Å². The Morgan fingerprint density at radius 3 is 2.47 bits per heavy atom. The lowest BCUT2D eigenvalue weighted by atomic mass is 9.94. The third-order valence-electron chi connectivity index (χ3n) is 3.27. The maximum absolute atomic E-state index is 11.6. The molecule has 2 N–H and O–H groups in total. The maximum Gasteiger partial charge on any atom is 0.151 e. The summed E-state index contributed by atoms with van der Waals surface area (Å²) in [4.78, 5) is 2.10. The predicted molar refractivity (Wildman–Crippen MR) is 62.6 cm³/mol. The van der Waals surface area contributed by atoms with Crippen molar-refractivity contribution in [3.8, 4) is 0 Å². The number of nitrogens with zero attached hydrogens (tertiary/aromatic N) is 1. The lowest BCUT2D eigenvalue weighted by Gasteiger charge is -2.36. The largest absolute Gasteiger partial charge is 0.329 e. The summed E-state index contributed by atoms with van der Waals surface area (Å²) in [6.07, 6.45) is 5.30. The SMILES string of the molecule is CN(CCN)C1CCCCC1S(C)(=O)=O. The quantitative estimate of drug-likeness (QED) is 0.756. The van der Waals surface area contributed by atoms with E-state index in [-0.39, 0.29) is 11.3 Å². The fourth-order valence-electron chi connectivity index (χ4n) is 2.45. The van der Waals surface area contributed by atoms with Gasteiger partial charge in [-0.25, -0.2) is 8.42 Å². The number of hydrogen-bond donors (Lipinski definition) is 1. The molecule has 0 spiro atoms. The maximum atomic E-state index is 11.6. The van der Waals surface area contributed by atoms with Crippen LogP contribution >= 0.6 is 0 Å². The standard InChI is InChI=1S/C10H22N2O2S/c1-12(8-7-11)9-5-3-4-6-10(9)15(2,13)14/h9-10H,3-8,11H2,1-2H3. The van der Waals surface area contributed by atoms with Gasteiger partial charge in [-0.2, -0.15) is 0 Å². The van der Waals surface area contributed by atoms with Crippen molar-refractivity contribution in [3.05, 3.63) is 0 Å². The van der Waals surface area contributed by atoms with Crippen LogP contribution in [0.5, 0.6) is 0 Å². The summed E-state index contributed by atoms with van der Waals surface area (Å²) in [5, 5.41) is -0.192. The molecule has 0 radical (unpaired) electrons. The highest BCUT2D eigenvalue weighted by Gasteiger charge is 2.34. The number of likely N-dealkylation sites (N-methyl/N-ethyl adjacent to an activating group) is 1. The van der Waals surface area contributed by atoms with Crippen LogP contribution in [0.1, 0.15) is 25.7 Å². The van der Waals surface area contributed by atoms with E-state index >= 15 is 0 Å². The highest BCUT2D eigenvalue weighted by molar-refractivity contribution is 7.91. The molecule has 1 rings (SSSR count). The third kappa shape index (κ3) is 3.43. The van der Waals surface area contributed by atoms with Crippen LogP contribution in [0.4, 0.5) is 0 Å². The Kier molecular flexibility index (Phi) is 4.55. The molecular weight excluding hydrogens is 212 g/mol. The average molecular weight is 234 g/mol. The molecule has 1 saturated carbocycles. The molecule has 0 bridgehead atoms. The summed E-state index contributed by atoms with van der Waals surface area (Å²) in [5.41, 5.74) is 5.50. The second-order valence-corrected chi connectivity index (χ2v) is 6.75. The smallest absolute Gasteiger partial charge is 0.151 e. The Labute approximate surface area is 92.7 Å². The van der Waals surface area contributed by atoms with E-state index in [0.717, 1.165) is 32.2 Å². The zero-order valence-electron chi connectivity index (χ0n) is 9.65. The van der Waals surface area contributed by atoms with Gasteiger partial charge in [0.2, 0.25) is 0 Å². The number of hydrogen-bond acceptors (Lipinski definition) is 4. The Morgan fingerprint density at radius 2 is 1.93 bits per heavy atom. The first-order valence-electron chi connectivity index (χ1n) is 5.56. The van der Waals surface area contributed by atoms with Crippen LogP contribution in [0.25, 0.3) is 0 Å². The Bertz CT molecular complexity index is 290. The minimum absolute atomic E-state index is 0.164. The summed E-state index contributed by atoms with van der Waals surface area (Å²) >= 11 is 0. The first kappa shape index (κ1) is 12.9. The molecule has 1 aliphatic rings. The third-order valence-corrected chi connectivity index (χ3v) is 4.92. The van der Waals surface area contributed by atoms with E-state index in [0.29, 0.717) is 6.54 Å². The highest BCUT2D eigenvalue weighted by atomic mass is 32.2. The molecule has 2 unspecified atom stereocenters. The summed E-state index contributed by atoms with van der Waals surface area (Å²) < 4.78 is 23.3. The Morgan fingerprint density at radius 1 is 1.33 bits per heavy atom. The van der Waals surface area contributed by atoms with Gasteiger partial charge in [-0.1, -0.05) is 12.8 Å². The van der Waals surface area contributed by atoms with Crippen molar-refractivity contribution in [1.29, 1.82) is 0 Å². The van der Waals surface area contributed by atoms with Gasteiger partial charge in [0.05, 0.1) is 5.25 Å².